The van der Waals surface area contributed by atoms with Crippen molar-refractivity contribution >= 4 is 5.97 Å². The molecule has 0 amide bonds. The largest absolute Gasteiger partial charge is 0.493 e. The van der Waals surface area contributed by atoms with Gasteiger partial charge < -0.3 is 14.4 Å². The molecule has 0 bridgehead atoms. The van der Waals surface area contributed by atoms with Crippen molar-refractivity contribution in [3.63, 3.8) is 0 Å². The highest BCUT2D eigenvalue weighted by Gasteiger charge is 2.25. The van der Waals surface area contributed by atoms with E-state index in [0.29, 0.717) is 6.61 Å². The number of imidazole rings is 1. The van der Waals surface area contributed by atoms with E-state index in [1.54, 1.807) is 0 Å². The molecule has 1 N–H and O–H groups in total. The number of rotatable bonds is 7. The van der Waals surface area contributed by atoms with Crippen LogP contribution in [0.5, 0.6) is 5.75 Å². The number of carbonyl (C=O) groups is 1. The Hall–Kier alpha value is -3.08. The van der Waals surface area contributed by atoms with Gasteiger partial charge in [0, 0.05) is 24.7 Å². The molecule has 0 radical (unpaired) electrons. The van der Waals surface area contributed by atoms with Crippen LogP contribution in [0, 0.1) is 13.8 Å². The van der Waals surface area contributed by atoms with Crippen LogP contribution in [0.1, 0.15) is 46.8 Å². The Bertz CT molecular complexity index is 1070. The number of nitrogens with zero attached hydrogens (tertiary/aromatic N) is 2. The number of fused-ring (bicyclic) bond motifs is 1. The van der Waals surface area contributed by atoms with Gasteiger partial charge in [0.25, 0.3) is 0 Å². The standard InChI is InChI=1S/C25H28N2O3/c1-16-4-6-18(7-5-16)25-26-17(2)23(27(25)3)12-13-30-21-10-11-22-19(14-21)8-9-20(22)15-24(28)29/h4-7,10-11,14,20H,8-9,12-13,15H2,1-3H3,(H,28,29)/t20-/m0/s1. The van der Waals surface area contributed by atoms with E-state index in [1.807, 2.05) is 19.1 Å². The zero-order chi connectivity index (χ0) is 21.3. The highest BCUT2D eigenvalue weighted by molar-refractivity contribution is 5.68. The average Bonchev–Trinajstić information content (AvgIpc) is 3.23. The van der Waals surface area contributed by atoms with Crippen molar-refractivity contribution in [2.45, 2.75) is 45.4 Å². The fourth-order valence-corrected chi connectivity index (χ4v) is 4.44. The zero-order valence-electron chi connectivity index (χ0n) is 17.8. The molecule has 0 fully saturated rings. The first-order valence-corrected chi connectivity index (χ1v) is 10.5. The molecule has 2 aromatic carbocycles. The average molecular weight is 405 g/mol. The second-order valence-electron chi connectivity index (χ2n) is 8.19. The molecule has 5 heteroatoms. The van der Waals surface area contributed by atoms with Gasteiger partial charge in [-0.3, -0.25) is 4.79 Å². The summed E-state index contributed by atoms with van der Waals surface area (Å²) in [5, 5.41) is 9.08. The first kappa shape index (κ1) is 20.2. The number of ether oxygens (including phenoxy) is 1. The van der Waals surface area contributed by atoms with Crippen LogP contribution in [0.4, 0.5) is 0 Å². The maximum atomic E-state index is 11.0. The predicted molar refractivity (Wildman–Crippen MR) is 117 cm³/mol. The van der Waals surface area contributed by atoms with E-state index in [-0.39, 0.29) is 12.3 Å². The quantitative estimate of drug-likeness (QED) is 0.613. The van der Waals surface area contributed by atoms with Gasteiger partial charge in [0.1, 0.15) is 11.6 Å². The minimum Gasteiger partial charge on any atom is -0.493 e. The van der Waals surface area contributed by atoms with Gasteiger partial charge in [-0.05, 0) is 55.9 Å². The molecule has 1 atom stereocenters. The predicted octanol–water partition coefficient (Wildman–Crippen LogP) is 4.83. The summed E-state index contributed by atoms with van der Waals surface area (Å²) in [4.78, 5) is 15.8. The highest BCUT2D eigenvalue weighted by atomic mass is 16.5. The Balaban J connectivity index is 1.42. The molecule has 1 aliphatic carbocycles. The van der Waals surface area contributed by atoms with Gasteiger partial charge in [-0.15, -0.1) is 0 Å². The molecule has 1 heterocycles. The third kappa shape index (κ3) is 4.11. The molecule has 156 valence electrons. The molecule has 5 nitrogen and oxygen atoms in total. The van der Waals surface area contributed by atoms with Gasteiger partial charge in [-0.1, -0.05) is 35.9 Å². The van der Waals surface area contributed by atoms with Gasteiger partial charge in [0.05, 0.1) is 18.7 Å². The van der Waals surface area contributed by atoms with Crippen molar-refractivity contribution < 1.29 is 14.6 Å². The molecule has 0 unspecified atom stereocenters. The third-order valence-electron chi connectivity index (χ3n) is 6.07. The summed E-state index contributed by atoms with van der Waals surface area (Å²) in [6.07, 6.45) is 2.81. The smallest absolute Gasteiger partial charge is 0.303 e. The van der Waals surface area contributed by atoms with Crippen molar-refractivity contribution in [1.82, 2.24) is 9.55 Å². The summed E-state index contributed by atoms with van der Waals surface area (Å²) in [5.41, 5.74) is 6.94. The van der Waals surface area contributed by atoms with E-state index in [2.05, 4.69) is 48.9 Å². The van der Waals surface area contributed by atoms with Crippen LogP contribution in [0.15, 0.2) is 42.5 Å². The van der Waals surface area contributed by atoms with E-state index < -0.39 is 5.97 Å². The topological polar surface area (TPSA) is 64.3 Å². The van der Waals surface area contributed by atoms with E-state index in [1.165, 1.54) is 16.8 Å². The minimum atomic E-state index is -0.732. The molecular formula is C25H28N2O3. The van der Waals surface area contributed by atoms with Crippen LogP contribution < -0.4 is 4.74 Å². The SMILES string of the molecule is Cc1ccc(-c2nc(C)c(CCOc3ccc4c(c3)CC[C@H]4CC(=O)O)n2C)cc1. The van der Waals surface area contributed by atoms with Crippen LogP contribution >= 0.6 is 0 Å². The first-order valence-electron chi connectivity index (χ1n) is 10.5. The van der Waals surface area contributed by atoms with Crippen LogP contribution in [0.2, 0.25) is 0 Å². The number of aromatic nitrogens is 2. The Kier molecular flexibility index (Phi) is 5.62. The van der Waals surface area contributed by atoms with Crippen molar-refractivity contribution in [3.05, 3.63) is 70.5 Å². The number of hydrogen-bond donors (Lipinski definition) is 1. The molecule has 0 aliphatic heterocycles. The van der Waals surface area contributed by atoms with Gasteiger partial charge in [-0.25, -0.2) is 4.98 Å². The Morgan fingerprint density at radius 3 is 2.70 bits per heavy atom. The van der Waals surface area contributed by atoms with Crippen LogP contribution in [-0.4, -0.2) is 27.2 Å². The Morgan fingerprint density at radius 1 is 1.20 bits per heavy atom. The van der Waals surface area contributed by atoms with E-state index in [9.17, 15) is 4.79 Å². The van der Waals surface area contributed by atoms with E-state index >= 15 is 0 Å². The zero-order valence-corrected chi connectivity index (χ0v) is 17.8. The molecule has 1 aromatic heterocycles. The first-order chi connectivity index (χ1) is 14.4. The molecule has 1 aliphatic rings. The number of aryl methyl sites for hydroxylation is 3. The second kappa shape index (κ2) is 8.34. The third-order valence-corrected chi connectivity index (χ3v) is 6.07. The number of hydrogen-bond acceptors (Lipinski definition) is 3. The van der Waals surface area contributed by atoms with Crippen molar-refractivity contribution in [3.8, 4) is 17.1 Å². The van der Waals surface area contributed by atoms with E-state index in [0.717, 1.165) is 47.7 Å². The lowest BCUT2D eigenvalue weighted by Gasteiger charge is -2.12. The summed E-state index contributed by atoms with van der Waals surface area (Å²) in [6.45, 7) is 4.71. The van der Waals surface area contributed by atoms with Gasteiger partial charge >= 0.3 is 5.97 Å². The summed E-state index contributed by atoms with van der Waals surface area (Å²) in [7, 11) is 2.06. The molecule has 0 saturated carbocycles. The summed E-state index contributed by atoms with van der Waals surface area (Å²) >= 11 is 0. The monoisotopic (exact) mass is 404 g/mol. The summed E-state index contributed by atoms with van der Waals surface area (Å²) in [6, 6.07) is 14.5. The molecule has 30 heavy (non-hydrogen) atoms. The lowest BCUT2D eigenvalue weighted by atomic mass is 9.98. The van der Waals surface area contributed by atoms with Gasteiger partial charge in [-0.2, -0.15) is 0 Å². The lowest BCUT2D eigenvalue weighted by Crippen LogP contribution is -2.07. The Labute approximate surface area is 177 Å². The number of carboxylic acid groups (broad SMARTS) is 1. The van der Waals surface area contributed by atoms with Crippen molar-refractivity contribution in [2.24, 2.45) is 7.05 Å². The van der Waals surface area contributed by atoms with Crippen LogP contribution in [-0.2, 0) is 24.7 Å². The molecular weight excluding hydrogens is 376 g/mol. The van der Waals surface area contributed by atoms with Gasteiger partial charge in [0.15, 0.2) is 0 Å². The second-order valence-corrected chi connectivity index (χ2v) is 8.19. The lowest BCUT2D eigenvalue weighted by molar-refractivity contribution is -0.137. The van der Waals surface area contributed by atoms with Crippen molar-refractivity contribution in [1.29, 1.82) is 0 Å². The Morgan fingerprint density at radius 2 is 1.97 bits per heavy atom. The van der Waals surface area contributed by atoms with E-state index in [4.69, 9.17) is 14.8 Å². The summed E-state index contributed by atoms with van der Waals surface area (Å²) in [5.74, 6) is 1.22. The number of benzene rings is 2. The fraction of sp³-hybridized carbons (Fsp3) is 0.360. The molecule has 4 rings (SSSR count). The number of carboxylic acids is 1. The maximum absolute atomic E-state index is 11.0. The minimum absolute atomic E-state index is 0.129. The normalized spacial score (nSPS) is 15.2. The maximum Gasteiger partial charge on any atom is 0.303 e. The van der Waals surface area contributed by atoms with Crippen LogP contribution in [0.25, 0.3) is 11.4 Å². The summed E-state index contributed by atoms with van der Waals surface area (Å²) < 4.78 is 8.19. The molecule has 0 saturated heterocycles. The highest BCUT2D eigenvalue weighted by Crippen LogP contribution is 2.37. The fourth-order valence-electron chi connectivity index (χ4n) is 4.44. The van der Waals surface area contributed by atoms with Crippen LogP contribution in [0.3, 0.4) is 0 Å². The molecule has 0 spiro atoms. The molecule has 3 aromatic rings. The van der Waals surface area contributed by atoms with Crippen molar-refractivity contribution in [2.75, 3.05) is 6.61 Å². The number of aliphatic carboxylic acids is 1. The van der Waals surface area contributed by atoms with Gasteiger partial charge in [0.2, 0.25) is 0 Å².